The van der Waals surface area contributed by atoms with Crippen molar-refractivity contribution in [2.45, 2.75) is 206 Å². The standard InChI is InChI=1S/C40H64O12/c1-21-17-29-9-13-34(49-29)26(6)38(42)46-23(3)19-31-11-15-36(51-31)28(8)40(44)48-24(4)20-32-12-16-35(52-32)27(7)39(43)47-22(2)18-30-10-14-33(50-30)25(5)37(41)45-21/h21-36H,9-20H2,1-8H3/t21-,22-,23+,24+,25-,26-,27+,28+,29+,30+,31-,32?,33-,34-,35+,36+/m0/s1. The Morgan fingerprint density at radius 2 is 0.519 bits per heavy atom. The number of carbonyl (C=O) groups is 4. The summed E-state index contributed by atoms with van der Waals surface area (Å²) in [5, 5.41) is 0. The van der Waals surface area contributed by atoms with Crippen LogP contribution in [-0.4, -0.2) is 97.1 Å². The minimum absolute atomic E-state index is 0.119. The zero-order valence-corrected chi connectivity index (χ0v) is 32.6. The summed E-state index contributed by atoms with van der Waals surface area (Å²) in [5.74, 6) is -2.93. The summed E-state index contributed by atoms with van der Waals surface area (Å²) in [5.41, 5.74) is 0. The molecular formula is C40H64O12. The summed E-state index contributed by atoms with van der Waals surface area (Å²) in [4.78, 5) is 52.4. The number of fused-ring (bicyclic) bond motifs is 8. The highest BCUT2D eigenvalue weighted by molar-refractivity contribution is 5.74. The molecule has 5 heterocycles. The van der Waals surface area contributed by atoms with Gasteiger partial charge in [-0.05, 0) is 107 Å². The first-order valence-corrected chi connectivity index (χ1v) is 20.1. The fourth-order valence-corrected chi connectivity index (χ4v) is 8.60. The molecule has 1 unspecified atom stereocenters. The van der Waals surface area contributed by atoms with Gasteiger partial charge in [-0.2, -0.15) is 0 Å². The van der Waals surface area contributed by atoms with E-state index in [0.29, 0.717) is 25.7 Å². The van der Waals surface area contributed by atoms with Crippen LogP contribution in [0, 0.1) is 23.7 Å². The molecule has 5 aliphatic rings. The van der Waals surface area contributed by atoms with Crippen LogP contribution in [0.2, 0.25) is 0 Å². The first-order valence-electron chi connectivity index (χ1n) is 20.1. The molecule has 5 fully saturated rings. The minimum Gasteiger partial charge on any atom is -0.462 e. The molecule has 52 heavy (non-hydrogen) atoms. The Bertz CT molecular complexity index is 1040. The van der Waals surface area contributed by atoms with Crippen molar-refractivity contribution >= 4 is 23.9 Å². The second kappa shape index (κ2) is 18.4. The first kappa shape index (κ1) is 40.9. The topological polar surface area (TPSA) is 142 Å². The van der Waals surface area contributed by atoms with Gasteiger partial charge in [0, 0.05) is 25.7 Å². The third-order valence-electron chi connectivity index (χ3n) is 11.9. The third-order valence-corrected chi connectivity index (χ3v) is 11.9. The lowest BCUT2D eigenvalue weighted by Gasteiger charge is -2.26. The van der Waals surface area contributed by atoms with Gasteiger partial charge < -0.3 is 37.9 Å². The summed E-state index contributed by atoms with van der Waals surface area (Å²) in [7, 11) is 0. The molecule has 296 valence electrons. The molecule has 12 nitrogen and oxygen atoms in total. The Morgan fingerprint density at radius 1 is 0.327 bits per heavy atom. The molecule has 16 atom stereocenters. The lowest BCUT2D eigenvalue weighted by molar-refractivity contribution is -0.161. The average molecular weight is 737 g/mol. The zero-order valence-electron chi connectivity index (χ0n) is 32.6. The van der Waals surface area contributed by atoms with Crippen molar-refractivity contribution in [2.24, 2.45) is 23.7 Å². The van der Waals surface area contributed by atoms with Crippen molar-refractivity contribution in [2.75, 3.05) is 0 Å². The molecule has 0 saturated carbocycles. The highest BCUT2D eigenvalue weighted by Gasteiger charge is 2.41. The number of esters is 4. The van der Waals surface area contributed by atoms with E-state index in [4.69, 9.17) is 37.9 Å². The van der Waals surface area contributed by atoms with Crippen LogP contribution < -0.4 is 0 Å². The van der Waals surface area contributed by atoms with Crippen LogP contribution in [0.25, 0.3) is 0 Å². The fourth-order valence-electron chi connectivity index (χ4n) is 8.60. The van der Waals surface area contributed by atoms with Crippen LogP contribution in [0.3, 0.4) is 0 Å². The van der Waals surface area contributed by atoms with Crippen molar-refractivity contribution in [3.05, 3.63) is 0 Å². The van der Waals surface area contributed by atoms with Crippen molar-refractivity contribution < 1.29 is 57.1 Å². The van der Waals surface area contributed by atoms with E-state index in [1.807, 2.05) is 55.4 Å². The maximum atomic E-state index is 13.1. The summed E-state index contributed by atoms with van der Waals surface area (Å²) in [6.45, 7) is 14.9. The Morgan fingerprint density at radius 3 is 0.712 bits per heavy atom. The van der Waals surface area contributed by atoms with Crippen molar-refractivity contribution in [3.8, 4) is 0 Å². The molecule has 0 N–H and O–H groups in total. The second-order valence-corrected chi connectivity index (χ2v) is 16.6. The lowest BCUT2D eigenvalue weighted by Crippen LogP contribution is -2.34. The number of hydrogen-bond acceptors (Lipinski definition) is 12. The van der Waals surface area contributed by atoms with Gasteiger partial charge in [0.25, 0.3) is 0 Å². The number of carbonyl (C=O) groups excluding carboxylic acids is 4. The molecular weight excluding hydrogens is 672 g/mol. The van der Waals surface area contributed by atoms with Gasteiger partial charge in [-0.15, -0.1) is 0 Å². The Hall–Kier alpha value is -2.28. The Kier molecular flexibility index (Phi) is 14.4. The molecule has 0 radical (unpaired) electrons. The largest absolute Gasteiger partial charge is 0.462 e. The molecule has 5 saturated heterocycles. The van der Waals surface area contributed by atoms with E-state index in [1.54, 1.807) is 0 Å². The van der Waals surface area contributed by atoms with E-state index in [-0.39, 0.29) is 97.1 Å². The van der Waals surface area contributed by atoms with E-state index in [9.17, 15) is 19.2 Å². The zero-order chi connectivity index (χ0) is 37.7. The monoisotopic (exact) mass is 736 g/mol. The van der Waals surface area contributed by atoms with Crippen LogP contribution in [-0.2, 0) is 57.1 Å². The summed E-state index contributed by atoms with van der Waals surface area (Å²) in [6, 6.07) is 0. The number of rotatable bonds is 0. The van der Waals surface area contributed by atoms with E-state index < -0.39 is 23.7 Å². The maximum Gasteiger partial charge on any atom is 0.311 e. The highest BCUT2D eigenvalue weighted by atomic mass is 16.6. The van der Waals surface area contributed by atoms with Crippen LogP contribution in [0.1, 0.15) is 132 Å². The van der Waals surface area contributed by atoms with Gasteiger partial charge in [0.05, 0.1) is 72.5 Å². The molecule has 0 spiro atoms. The van der Waals surface area contributed by atoms with Gasteiger partial charge in [0.1, 0.15) is 24.4 Å². The molecule has 0 aromatic rings. The molecule has 5 rings (SSSR count). The minimum atomic E-state index is -0.434. The SMILES string of the molecule is C[C@@H]1C[C@@H]2CC[C@@H](O2)[C@@H](C)C(=O)O[C@H](C)CC2CC[C@@H](O2)[C@@H](C)C(=O)O[C@@H](C)C[C@H]2CC[C@H](O2)[C@H](C)C(=O)O[C@@H](C)C[C@H]2CC[C@H](O2)[C@H](C)C(=O)O1. The molecule has 0 aromatic heterocycles. The van der Waals surface area contributed by atoms with E-state index in [0.717, 1.165) is 51.4 Å². The van der Waals surface area contributed by atoms with Crippen LogP contribution in [0.4, 0.5) is 0 Å². The van der Waals surface area contributed by atoms with Crippen LogP contribution >= 0.6 is 0 Å². The van der Waals surface area contributed by atoms with Gasteiger partial charge in [0.2, 0.25) is 0 Å². The van der Waals surface area contributed by atoms with Crippen molar-refractivity contribution in [1.29, 1.82) is 0 Å². The third kappa shape index (κ3) is 10.9. The molecule has 0 aromatic carbocycles. The van der Waals surface area contributed by atoms with Gasteiger partial charge in [-0.25, -0.2) is 0 Å². The molecule has 5 aliphatic heterocycles. The van der Waals surface area contributed by atoms with E-state index >= 15 is 0 Å². The quantitative estimate of drug-likeness (QED) is 0.212. The Balaban J connectivity index is 1.19. The van der Waals surface area contributed by atoms with E-state index in [2.05, 4.69) is 0 Å². The molecule has 8 bridgehead atoms. The Labute approximate surface area is 309 Å². The predicted octanol–water partition coefficient (Wildman–Crippen LogP) is 6.02. The van der Waals surface area contributed by atoms with Gasteiger partial charge >= 0.3 is 23.9 Å². The fraction of sp³-hybridized carbons (Fsp3) is 0.900. The van der Waals surface area contributed by atoms with Gasteiger partial charge in [-0.1, -0.05) is 0 Å². The average Bonchev–Trinajstić information content (AvgIpc) is 3.91. The van der Waals surface area contributed by atoms with Crippen LogP contribution in [0.5, 0.6) is 0 Å². The highest BCUT2D eigenvalue weighted by Crippen LogP contribution is 2.34. The smallest absolute Gasteiger partial charge is 0.311 e. The second-order valence-electron chi connectivity index (χ2n) is 16.6. The van der Waals surface area contributed by atoms with Crippen molar-refractivity contribution in [3.63, 3.8) is 0 Å². The predicted molar refractivity (Wildman–Crippen MR) is 189 cm³/mol. The van der Waals surface area contributed by atoms with Gasteiger partial charge in [0.15, 0.2) is 0 Å². The first-order chi connectivity index (χ1) is 24.7. The number of ether oxygens (including phenoxy) is 8. The summed E-state index contributed by atoms with van der Waals surface area (Å²) >= 11 is 0. The number of cyclic esters (lactones) is 4. The maximum absolute atomic E-state index is 13.1. The molecule has 0 aliphatic carbocycles. The lowest BCUT2D eigenvalue weighted by atomic mass is 10.00. The van der Waals surface area contributed by atoms with Crippen molar-refractivity contribution in [1.82, 2.24) is 0 Å². The summed E-state index contributed by atoms with van der Waals surface area (Å²) in [6.07, 6.45) is 5.22. The van der Waals surface area contributed by atoms with E-state index in [1.165, 1.54) is 0 Å². The molecule has 0 amide bonds. The summed E-state index contributed by atoms with van der Waals surface area (Å²) < 4.78 is 48.4. The van der Waals surface area contributed by atoms with Crippen LogP contribution in [0.15, 0.2) is 0 Å². The molecule has 12 heteroatoms. The number of hydrogen-bond donors (Lipinski definition) is 0. The van der Waals surface area contributed by atoms with Gasteiger partial charge in [-0.3, -0.25) is 19.2 Å². The normalized spacial score (nSPS) is 45.2.